The maximum Gasteiger partial charge on any atom is 0.328 e. The summed E-state index contributed by atoms with van der Waals surface area (Å²) in [7, 11) is 1.59. The molecule has 4 heteroatoms. The fourth-order valence-corrected chi connectivity index (χ4v) is 2.58. The minimum Gasteiger partial charge on any atom is -0.494 e. The Morgan fingerprint density at radius 3 is 2.59 bits per heavy atom. The van der Waals surface area contributed by atoms with Gasteiger partial charge in [0, 0.05) is 23.2 Å². The van der Waals surface area contributed by atoms with E-state index in [9.17, 15) is 9.90 Å². The van der Waals surface area contributed by atoms with Gasteiger partial charge in [0.25, 0.3) is 0 Å². The lowest BCUT2D eigenvalue weighted by atomic mass is 9.95. The third-order valence-electron chi connectivity index (χ3n) is 3.53. The largest absolute Gasteiger partial charge is 0.494 e. The van der Waals surface area contributed by atoms with Crippen molar-refractivity contribution in [1.29, 1.82) is 0 Å². The molecule has 0 unspecified atom stereocenters. The molecule has 0 aliphatic heterocycles. The molecular weight excluding hydrogens is 278 g/mol. The highest BCUT2D eigenvalue weighted by atomic mass is 16.5. The molecule has 22 heavy (non-hydrogen) atoms. The van der Waals surface area contributed by atoms with Crippen molar-refractivity contribution >= 4 is 22.4 Å². The number of nitrogens with one attached hydrogen (secondary N) is 1. The summed E-state index contributed by atoms with van der Waals surface area (Å²) in [5, 5.41) is 10.2. The van der Waals surface area contributed by atoms with Crippen LogP contribution >= 0.6 is 0 Å². The van der Waals surface area contributed by atoms with Crippen LogP contribution < -0.4 is 4.74 Å². The number of fused-ring (bicyclic) bond motifs is 1. The molecular formula is C18H15NO3. The molecule has 4 nitrogen and oxygen atoms in total. The summed E-state index contributed by atoms with van der Waals surface area (Å²) < 4.78 is 5.54. The molecule has 1 aromatic heterocycles. The van der Waals surface area contributed by atoms with Crippen molar-refractivity contribution in [1.82, 2.24) is 4.98 Å². The molecule has 2 N–H and O–H groups in total. The average molecular weight is 293 g/mol. The number of aromatic amines is 1. The number of aliphatic carboxylic acids is 1. The zero-order valence-electron chi connectivity index (χ0n) is 12.0. The molecule has 0 aliphatic carbocycles. The van der Waals surface area contributed by atoms with Crippen molar-refractivity contribution in [3.63, 3.8) is 0 Å². The van der Waals surface area contributed by atoms with Gasteiger partial charge in [-0.15, -0.1) is 0 Å². The normalized spacial score (nSPS) is 11.6. The number of hydrogen-bond donors (Lipinski definition) is 2. The van der Waals surface area contributed by atoms with Crippen molar-refractivity contribution < 1.29 is 14.6 Å². The van der Waals surface area contributed by atoms with Gasteiger partial charge in [-0.05, 0) is 23.3 Å². The van der Waals surface area contributed by atoms with Gasteiger partial charge in [0.05, 0.1) is 12.6 Å². The second-order valence-electron chi connectivity index (χ2n) is 4.85. The number of carboxylic acid groups (broad SMARTS) is 1. The van der Waals surface area contributed by atoms with Crippen LogP contribution in [0.3, 0.4) is 0 Å². The molecule has 0 spiro atoms. The van der Waals surface area contributed by atoms with Crippen LogP contribution in [0.2, 0.25) is 0 Å². The predicted molar refractivity (Wildman–Crippen MR) is 86.0 cm³/mol. The van der Waals surface area contributed by atoms with Crippen molar-refractivity contribution in [3.05, 3.63) is 71.9 Å². The Kier molecular flexibility index (Phi) is 3.66. The number of rotatable bonds is 4. The average Bonchev–Trinajstić information content (AvgIpc) is 3.01. The van der Waals surface area contributed by atoms with E-state index < -0.39 is 5.97 Å². The van der Waals surface area contributed by atoms with Crippen molar-refractivity contribution in [2.24, 2.45) is 0 Å². The van der Waals surface area contributed by atoms with Gasteiger partial charge in [0.15, 0.2) is 5.75 Å². The minimum absolute atomic E-state index is 0.612. The van der Waals surface area contributed by atoms with Crippen LogP contribution in [0.5, 0.6) is 5.75 Å². The molecule has 110 valence electrons. The van der Waals surface area contributed by atoms with Crippen LogP contribution in [0.1, 0.15) is 11.1 Å². The van der Waals surface area contributed by atoms with Gasteiger partial charge >= 0.3 is 5.97 Å². The van der Waals surface area contributed by atoms with E-state index >= 15 is 0 Å². The van der Waals surface area contributed by atoms with Crippen LogP contribution in [-0.2, 0) is 4.79 Å². The molecule has 1 heterocycles. The number of methoxy groups -OCH3 is 1. The first-order valence-corrected chi connectivity index (χ1v) is 6.85. The Morgan fingerprint density at radius 2 is 1.91 bits per heavy atom. The highest BCUT2D eigenvalue weighted by Crippen LogP contribution is 2.36. The van der Waals surface area contributed by atoms with E-state index in [4.69, 9.17) is 4.74 Å². The quantitative estimate of drug-likeness (QED) is 0.721. The van der Waals surface area contributed by atoms with Gasteiger partial charge in [-0.1, -0.05) is 36.4 Å². The van der Waals surface area contributed by atoms with Crippen LogP contribution in [0.15, 0.2) is 60.8 Å². The van der Waals surface area contributed by atoms with Crippen molar-refractivity contribution in [3.8, 4) is 5.75 Å². The Balaban J connectivity index is 2.27. The Bertz CT molecular complexity index is 847. The van der Waals surface area contributed by atoms with Crippen molar-refractivity contribution in [2.45, 2.75) is 0 Å². The number of carbonyl (C=O) groups is 1. The zero-order valence-corrected chi connectivity index (χ0v) is 12.0. The second-order valence-corrected chi connectivity index (χ2v) is 4.85. The van der Waals surface area contributed by atoms with Gasteiger partial charge in [0.2, 0.25) is 0 Å². The fourth-order valence-electron chi connectivity index (χ4n) is 2.58. The first-order chi connectivity index (χ1) is 10.7. The van der Waals surface area contributed by atoms with E-state index in [0.717, 1.165) is 22.0 Å². The van der Waals surface area contributed by atoms with Crippen LogP contribution in [0.25, 0.3) is 16.5 Å². The summed E-state index contributed by atoms with van der Waals surface area (Å²) in [6, 6.07) is 15.2. The highest BCUT2D eigenvalue weighted by Gasteiger charge is 2.15. The van der Waals surface area contributed by atoms with Crippen LogP contribution in [-0.4, -0.2) is 23.2 Å². The third kappa shape index (κ3) is 2.46. The summed E-state index contributed by atoms with van der Waals surface area (Å²) in [6.45, 7) is 0. The highest BCUT2D eigenvalue weighted by molar-refractivity contribution is 6.00. The van der Waals surface area contributed by atoms with E-state index in [1.807, 2.05) is 54.7 Å². The fraction of sp³-hybridized carbons (Fsp3) is 0.0556. The van der Waals surface area contributed by atoms with E-state index in [2.05, 4.69) is 4.98 Å². The molecule has 0 atom stereocenters. The lowest BCUT2D eigenvalue weighted by Gasteiger charge is -2.13. The smallest absolute Gasteiger partial charge is 0.328 e. The molecule has 0 bridgehead atoms. The molecule has 0 aliphatic rings. The molecule has 0 saturated heterocycles. The van der Waals surface area contributed by atoms with E-state index in [-0.39, 0.29) is 0 Å². The van der Waals surface area contributed by atoms with Crippen LogP contribution in [0.4, 0.5) is 0 Å². The lowest BCUT2D eigenvalue weighted by Crippen LogP contribution is -1.98. The number of ether oxygens (including phenoxy) is 1. The first-order valence-electron chi connectivity index (χ1n) is 6.85. The number of H-pyrrole nitrogens is 1. The Morgan fingerprint density at radius 1 is 1.14 bits per heavy atom. The number of benzene rings is 2. The summed E-state index contributed by atoms with van der Waals surface area (Å²) in [6.07, 6.45) is 3.04. The first kappa shape index (κ1) is 13.9. The van der Waals surface area contributed by atoms with Gasteiger partial charge in [0.1, 0.15) is 0 Å². The topological polar surface area (TPSA) is 62.3 Å². The molecule has 2 aromatic carbocycles. The molecule has 3 rings (SSSR count). The molecule has 0 fully saturated rings. The van der Waals surface area contributed by atoms with E-state index in [1.54, 1.807) is 7.11 Å². The van der Waals surface area contributed by atoms with E-state index in [0.29, 0.717) is 11.3 Å². The van der Waals surface area contributed by atoms with Crippen molar-refractivity contribution in [2.75, 3.05) is 7.11 Å². The number of hydrogen-bond acceptors (Lipinski definition) is 2. The Labute approximate surface area is 127 Å². The third-order valence-corrected chi connectivity index (χ3v) is 3.53. The van der Waals surface area contributed by atoms with Gasteiger partial charge in [-0.25, -0.2) is 4.79 Å². The van der Waals surface area contributed by atoms with Crippen LogP contribution in [0, 0.1) is 0 Å². The molecule has 3 aromatic rings. The molecule has 0 amide bonds. The summed E-state index contributed by atoms with van der Waals surface area (Å²) in [5.41, 5.74) is 3.04. The summed E-state index contributed by atoms with van der Waals surface area (Å²) in [4.78, 5) is 14.4. The second kappa shape index (κ2) is 5.77. The predicted octanol–water partition coefficient (Wildman–Crippen LogP) is 3.69. The maximum absolute atomic E-state index is 11.2. The Hall–Kier alpha value is -3.01. The minimum atomic E-state index is -0.993. The molecule has 0 radical (unpaired) electrons. The maximum atomic E-state index is 11.2. The van der Waals surface area contributed by atoms with Gasteiger partial charge in [-0.3, -0.25) is 0 Å². The lowest BCUT2D eigenvalue weighted by molar-refractivity contribution is -0.131. The monoisotopic (exact) mass is 293 g/mol. The van der Waals surface area contributed by atoms with E-state index in [1.165, 1.54) is 6.08 Å². The SMILES string of the molecule is COc1c(C(=CC(=O)O)c2ccccc2)ccc2cc[nH]c12. The molecule has 0 saturated carbocycles. The summed E-state index contributed by atoms with van der Waals surface area (Å²) in [5.74, 6) is -0.355. The van der Waals surface area contributed by atoms with Gasteiger partial charge in [-0.2, -0.15) is 0 Å². The number of aromatic nitrogens is 1. The zero-order chi connectivity index (χ0) is 15.5. The summed E-state index contributed by atoms with van der Waals surface area (Å²) >= 11 is 0. The standard InChI is InChI=1S/C18H15NO3/c1-22-18-14(8-7-13-9-10-19-17(13)18)15(11-16(20)21)12-5-3-2-4-6-12/h2-11,19H,1H3,(H,20,21). The number of carboxylic acids is 1. The van der Waals surface area contributed by atoms with Gasteiger partial charge < -0.3 is 14.8 Å².